The predicted octanol–water partition coefficient (Wildman–Crippen LogP) is 5.37. The van der Waals surface area contributed by atoms with Crippen LogP contribution in [0, 0.1) is 0 Å². The predicted molar refractivity (Wildman–Crippen MR) is 144 cm³/mol. The minimum absolute atomic E-state index is 0.112. The monoisotopic (exact) mass is 534 g/mol. The number of aromatic nitrogens is 2. The second kappa shape index (κ2) is 10.5. The Morgan fingerprint density at radius 3 is 2.41 bits per heavy atom. The van der Waals surface area contributed by atoms with Crippen LogP contribution in [0.15, 0.2) is 78.9 Å². The Kier molecular flexibility index (Phi) is 7.16. The topological polar surface area (TPSA) is 102 Å². The van der Waals surface area contributed by atoms with Crippen molar-refractivity contribution in [1.29, 1.82) is 0 Å². The lowest BCUT2D eigenvalue weighted by Gasteiger charge is -2.29. The molecular formula is C29H29F3N6O. The molecule has 5 rings (SSSR count). The van der Waals surface area contributed by atoms with Gasteiger partial charge in [0.15, 0.2) is 5.69 Å². The van der Waals surface area contributed by atoms with Crippen molar-refractivity contribution in [2.24, 2.45) is 5.73 Å². The fourth-order valence-corrected chi connectivity index (χ4v) is 4.76. The normalized spacial score (nSPS) is 14.4. The van der Waals surface area contributed by atoms with Gasteiger partial charge in [-0.05, 0) is 73.0 Å². The van der Waals surface area contributed by atoms with E-state index >= 15 is 0 Å². The van der Waals surface area contributed by atoms with Crippen LogP contribution in [0.25, 0.3) is 5.69 Å². The number of carbonyl (C=O) groups is 1. The summed E-state index contributed by atoms with van der Waals surface area (Å²) in [5.74, 6) is -0.718. The number of hydrogen-bond donors (Lipinski definition) is 3. The Bertz CT molecular complexity index is 1490. The van der Waals surface area contributed by atoms with Gasteiger partial charge in [-0.2, -0.15) is 18.3 Å². The third-order valence-electron chi connectivity index (χ3n) is 6.84. The van der Waals surface area contributed by atoms with Gasteiger partial charge in [0.05, 0.1) is 11.7 Å². The van der Waals surface area contributed by atoms with E-state index in [1.807, 2.05) is 42.5 Å². The summed E-state index contributed by atoms with van der Waals surface area (Å²) in [5, 5.41) is 6.47. The highest BCUT2D eigenvalue weighted by molar-refractivity contribution is 6.03. The van der Waals surface area contributed by atoms with E-state index in [0.717, 1.165) is 34.7 Å². The minimum atomic E-state index is -4.72. The standard InChI is InChI=1S/C29H29F3N6O/c1-37(23-11-12-23)27(19-6-3-8-21(34)14-19)20-7-4-9-22(15-20)35-28(39)25-16-26(29(30,31)32)36-38(25)24-10-2-5-18(13-24)17-33/h2-10,13-16,23,27H,11-12,17,33-34H2,1H3,(H,35,39). The average molecular weight is 535 g/mol. The van der Waals surface area contributed by atoms with Crippen LogP contribution in [0.3, 0.4) is 0 Å². The van der Waals surface area contributed by atoms with Crippen molar-refractivity contribution in [3.63, 3.8) is 0 Å². The van der Waals surface area contributed by atoms with Gasteiger partial charge in [0.25, 0.3) is 5.91 Å². The van der Waals surface area contributed by atoms with Crippen molar-refractivity contribution >= 4 is 17.3 Å². The van der Waals surface area contributed by atoms with Crippen LogP contribution >= 0.6 is 0 Å². The number of nitrogens with two attached hydrogens (primary N) is 2. The molecule has 1 aliphatic rings. The molecule has 10 heteroatoms. The van der Waals surface area contributed by atoms with Crippen molar-refractivity contribution in [2.75, 3.05) is 18.1 Å². The molecule has 1 atom stereocenters. The summed E-state index contributed by atoms with van der Waals surface area (Å²) in [6.45, 7) is 0.194. The molecule has 0 bridgehead atoms. The first kappa shape index (κ1) is 26.5. The molecule has 0 spiro atoms. The largest absolute Gasteiger partial charge is 0.435 e. The summed E-state index contributed by atoms with van der Waals surface area (Å²) < 4.78 is 41.7. The van der Waals surface area contributed by atoms with Gasteiger partial charge in [0.2, 0.25) is 0 Å². The van der Waals surface area contributed by atoms with Gasteiger partial charge in [-0.3, -0.25) is 9.69 Å². The first-order chi connectivity index (χ1) is 18.6. The maximum atomic E-state index is 13.6. The molecule has 1 aliphatic carbocycles. The van der Waals surface area contributed by atoms with Gasteiger partial charge >= 0.3 is 6.18 Å². The van der Waals surface area contributed by atoms with Gasteiger partial charge in [-0.15, -0.1) is 0 Å². The molecule has 1 saturated carbocycles. The van der Waals surface area contributed by atoms with Gasteiger partial charge in [0.1, 0.15) is 5.69 Å². The summed E-state index contributed by atoms with van der Waals surface area (Å²) in [7, 11) is 2.06. The zero-order valence-electron chi connectivity index (χ0n) is 21.3. The summed E-state index contributed by atoms with van der Waals surface area (Å²) >= 11 is 0. The highest BCUT2D eigenvalue weighted by atomic mass is 19.4. The highest BCUT2D eigenvalue weighted by Crippen LogP contribution is 2.38. The molecule has 1 fully saturated rings. The second-order valence-electron chi connectivity index (χ2n) is 9.75. The Morgan fingerprint density at radius 1 is 1.05 bits per heavy atom. The van der Waals surface area contributed by atoms with Crippen molar-refractivity contribution in [1.82, 2.24) is 14.7 Å². The van der Waals surface area contributed by atoms with E-state index in [4.69, 9.17) is 11.5 Å². The summed E-state index contributed by atoms with van der Waals surface area (Å²) in [6.07, 6.45) is -2.52. The van der Waals surface area contributed by atoms with Crippen LogP contribution in [-0.2, 0) is 12.7 Å². The quantitative estimate of drug-likeness (QED) is 0.264. The van der Waals surface area contributed by atoms with E-state index in [9.17, 15) is 18.0 Å². The van der Waals surface area contributed by atoms with Crippen LogP contribution in [0.4, 0.5) is 24.5 Å². The van der Waals surface area contributed by atoms with Crippen LogP contribution in [0.2, 0.25) is 0 Å². The molecule has 0 aliphatic heterocycles. The molecule has 4 aromatic rings. The van der Waals surface area contributed by atoms with Crippen molar-refractivity contribution < 1.29 is 18.0 Å². The van der Waals surface area contributed by atoms with Crippen molar-refractivity contribution in [2.45, 2.75) is 37.6 Å². The fraction of sp³-hybridized carbons (Fsp3) is 0.241. The number of nitrogen functional groups attached to an aromatic ring is 1. The van der Waals surface area contributed by atoms with E-state index in [2.05, 4.69) is 22.4 Å². The smallest absolute Gasteiger partial charge is 0.399 e. The molecule has 1 unspecified atom stereocenters. The molecule has 3 aromatic carbocycles. The van der Waals surface area contributed by atoms with E-state index in [0.29, 0.717) is 28.7 Å². The molecule has 39 heavy (non-hydrogen) atoms. The van der Waals surface area contributed by atoms with Crippen molar-refractivity contribution in [3.8, 4) is 5.69 Å². The molecule has 7 nitrogen and oxygen atoms in total. The number of amides is 1. The number of anilines is 2. The van der Waals surface area contributed by atoms with Gasteiger partial charge in [0, 0.05) is 30.0 Å². The molecule has 1 aromatic heterocycles. The van der Waals surface area contributed by atoms with E-state index < -0.39 is 17.8 Å². The Morgan fingerprint density at radius 2 is 1.74 bits per heavy atom. The molecule has 202 valence electrons. The molecule has 1 amide bonds. The number of nitrogens with zero attached hydrogens (tertiary/aromatic N) is 3. The minimum Gasteiger partial charge on any atom is -0.399 e. The number of carbonyl (C=O) groups excluding carboxylic acids is 1. The summed E-state index contributed by atoms with van der Waals surface area (Å²) in [4.78, 5) is 15.6. The first-order valence-electron chi connectivity index (χ1n) is 12.6. The lowest BCUT2D eigenvalue weighted by molar-refractivity contribution is -0.141. The van der Waals surface area contributed by atoms with Gasteiger partial charge in [-0.25, -0.2) is 4.68 Å². The summed E-state index contributed by atoms with van der Waals surface area (Å²) in [5.41, 5.74) is 14.4. The number of rotatable bonds is 8. The first-order valence-corrected chi connectivity index (χ1v) is 12.6. The van der Waals surface area contributed by atoms with Crippen LogP contribution in [0.1, 0.15) is 51.8 Å². The SMILES string of the molecule is CN(C1CC1)C(c1cccc(N)c1)c1cccc(NC(=O)c2cc(C(F)(F)F)nn2-c2cccc(CN)c2)c1. The lowest BCUT2D eigenvalue weighted by atomic mass is 9.96. The highest BCUT2D eigenvalue weighted by Gasteiger charge is 2.36. The maximum absolute atomic E-state index is 13.6. The average Bonchev–Trinajstić information content (AvgIpc) is 3.65. The van der Waals surface area contributed by atoms with Gasteiger partial charge < -0.3 is 16.8 Å². The van der Waals surface area contributed by atoms with Crippen LogP contribution in [0.5, 0.6) is 0 Å². The Hall–Kier alpha value is -4.15. The number of halogens is 3. The second-order valence-corrected chi connectivity index (χ2v) is 9.75. The zero-order valence-corrected chi connectivity index (χ0v) is 21.3. The maximum Gasteiger partial charge on any atom is 0.435 e. The third kappa shape index (κ3) is 5.81. The number of benzene rings is 3. The molecule has 5 N–H and O–H groups in total. The molecule has 0 radical (unpaired) electrons. The molecular weight excluding hydrogens is 505 g/mol. The lowest BCUT2D eigenvalue weighted by Crippen LogP contribution is -2.28. The fourth-order valence-electron chi connectivity index (χ4n) is 4.76. The Labute approximate surface area is 224 Å². The molecule has 0 saturated heterocycles. The van der Waals surface area contributed by atoms with Crippen LogP contribution < -0.4 is 16.8 Å². The van der Waals surface area contributed by atoms with E-state index in [1.165, 1.54) is 0 Å². The van der Waals surface area contributed by atoms with Gasteiger partial charge in [-0.1, -0.05) is 36.4 Å². The van der Waals surface area contributed by atoms with Crippen molar-refractivity contribution in [3.05, 3.63) is 107 Å². The molecule has 1 heterocycles. The number of hydrogen-bond acceptors (Lipinski definition) is 5. The van der Waals surface area contributed by atoms with E-state index in [-0.39, 0.29) is 18.3 Å². The Balaban J connectivity index is 1.49. The number of nitrogens with one attached hydrogen (secondary N) is 1. The van der Waals surface area contributed by atoms with E-state index in [1.54, 1.807) is 30.3 Å². The third-order valence-corrected chi connectivity index (χ3v) is 6.84. The zero-order chi connectivity index (χ0) is 27.7. The van der Waals surface area contributed by atoms with Crippen LogP contribution in [-0.4, -0.2) is 33.7 Å². The summed E-state index contributed by atoms with van der Waals surface area (Å²) in [6, 6.07) is 22.7. The number of alkyl halides is 3.